The predicted octanol–water partition coefficient (Wildman–Crippen LogP) is -1.11. The predicted molar refractivity (Wildman–Crippen MR) is 57.1 cm³/mol. The first-order valence-corrected chi connectivity index (χ1v) is 4.84. The van der Waals surface area contributed by atoms with E-state index in [0.717, 1.165) is 0 Å². The molecule has 0 atom stereocenters. The first-order valence-electron chi connectivity index (χ1n) is 4.84. The third-order valence-electron chi connectivity index (χ3n) is 1.79. The summed E-state index contributed by atoms with van der Waals surface area (Å²) in [4.78, 5) is 27.3. The number of carbonyl (C=O) groups is 2. The van der Waals surface area contributed by atoms with Crippen LogP contribution in [-0.4, -0.2) is 21.9 Å². The fourth-order valence-corrected chi connectivity index (χ4v) is 0.967. The number of hydrogen-bond donors (Lipinski definition) is 0. The molecule has 2 aromatic heterocycles. The number of rotatable bonds is 2. The molecule has 0 unspecified atom stereocenters. The van der Waals surface area contributed by atoms with Gasteiger partial charge in [0, 0.05) is 35.9 Å². The molecule has 6 nitrogen and oxygen atoms in total. The zero-order chi connectivity index (χ0) is 13.4. The van der Waals surface area contributed by atoms with Crippen LogP contribution in [0.5, 0.6) is 0 Å². The van der Waals surface area contributed by atoms with Crippen molar-refractivity contribution >= 4 is 11.9 Å². The third kappa shape index (κ3) is 6.30. The van der Waals surface area contributed by atoms with Gasteiger partial charge in [-0.05, 0) is 12.1 Å². The Hall–Kier alpha value is -2.24. The molecule has 0 radical (unpaired) electrons. The van der Waals surface area contributed by atoms with Crippen LogP contribution in [0, 0.1) is 0 Å². The Kier molecular flexibility index (Phi) is 7.76. The Morgan fingerprint density at radius 3 is 1.37 bits per heavy atom. The summed E-state index contributed by atoms with van der Waals surface area (Å²) in [7, 11) is 0. The number of carbonyl (C=O) groups excluding carboxylic acids is 2. The molecule has 2 aromatic rings. The summed E-state index contributed by atoms with van der Waals surface area (Å²) in [5, 5.41) is 20.1. The zero-order valence-electron chi connectivity index (χ0n) is 9.50. The van der Waals surface area contributed by atoms with E-state index in [0.29, 0.717) is 0 Å². The van der Waals surface area contributed by atoms with E-state index in [2.05, 4.69) is 9.97 Å². The van der Waals surface area contributed by atoms with Crippen LogP contribution in [0.15, 0.2) is 49.1 Å². The Labute approximate surface area is 119 Å². The van der Waals surface area contributed by atoms with Gasteiger partial charge in [-0.15, -0.1) is 0 Å². The fourth-order valence-electron chi connectivity index (χ4n) is 0.967. The van der Waals surface area contributed by atoms with Crippen LogP contribution in [0.4, 0.5) is 0 Å². The molecular formula is C12H8FeN2O4. The molecule has 98 valence electrons. The maximum atomic E-state index is 10.0. The molecule has 0 aromatic carbocycles. The van der Waals surface area contributed by atoms with Gasteiger partial charge in [0.15, 0.2) is 0 Å². The standard InChI is InChI=1S/2C6H5NO2.Fe/c2*8-6(9)5-2-1-3-7-4-5;/h2*1-4H,(H,8,9);/q;;+2/p-2. The number of aromatic nitrogens is 2. The second kappa shape index (κ2) is 8.79. The van der Waals surface area contributed by atoms with E-state index in [-0.39, 0.29) is 28.2 Å². The van der Waals surface area contributed by atoms with Gasteiger partial charge in [0.25, 0.3) is 0 Å². The van der Waals surface area contributed by atoms with Crippen molar-refractivity contribution in [1.82, 2.24) is 9.97 Å². The number of hydrogen-bond acceptors (Lipinski definition) is 6. The molecule has 19 heavy (non-hydrogen) atoms. The number of pyridine rings is 2. The first kappa shape index (κ1) is 16.8. The van der Waals surface area contributed by atoms with Gasteiger partial charge in [-0.1, -0.05) is 12.1 Å². The van der Waals surface area contributed by atoms with Crippen molar-refractivity contribution in [3.8, 4) is 0 Å². The molecular weight excluding hydrogens is 292 g/mol. The van der Waals surface area contributed by atoms with E-state index < -0.39 is 11.9 Å². The Balaban J connectivity index is 0.000000324. The van der Waals surface area contributed by atoms with E-state index in [4.69, 9.17) is 0 Å². The van der Waals surface area contributed by atoms with Gasteiger partial charge in [-0.25, -0.2) is 0 Å². The smallest absolute Gasteiger partial charge is 0.545 e. The van der Waals surface area contributed by atoms with Gasteiger partial charge >= 0.3 is 17.1 Å². The number of nitrogens with zero attached hydrogens (tertiary/aromatic N) is 2. The van der Waals surface area contributed by atoms with E-state index in [1.807, 2.05) is 0 Å². The Morgan fingerprint density at radius 1 is 0.842 bits per heavy atom. The molecule has 0 amide bonds. The molecule has 2 rings (SSSR count). The van der Waals surface area contributed by atoms with Crippen LogP contribution in [0.3, 0.4) is 0 Å². The van der Waals surface area contributed by atoms with Crippen LogP contribution < -0.4 is 10.2 Å². The van der Waals surface area contributed by atoms with Crippen molar-refractivity contribution in [3.05, 3.63) is 60.2 Å². The minimum absolute atomic E-state index is 0. The summed E-state index contributed by atoms with van der Waals surface area (Å²) in [5.41, 5.74) is 0.218. The SMILES string of the molecule is O=C([O-])c1cccnc1.O=C([O-])c1cccnc1.[Fe+2]. The molecule has 0 saturated carbocycles. The van der Waals surface area contributed by atoms with Gasteiger partial charge in [-0.2, -0.15) is 0 Å². The van der Waals surface area contributed by atoms with Crippen molar-refractivity contribution in [2.45, 2.75) is 0 Å². The van der Waals surface area contributed by atoms with Crippen molar-refractivity contribution in [2.75, 3.05) is 0 Å². The Morgan fingerprint density at radius 2 is 1.21 bits per heavy atom. The normalized spacial score (nSPS) is 8.42. The van der Waals surface area contributed by atoms with E-state index in [9.17, 15) is 19.8 Å². The molecule has 0 spiro atoms. The molecule has 0 aliphatic rings. The van der Waals surface area contributed by atoms with Gasteiger partial charge in [0.2, 0.25) is 0 Å². The second-order valence-corrected chi connectivity index (χ2v) is 3.06. The van der Waals surface area contributed by atoms with Crippen LogP contribution in [-0.2, 0) is 17.1 Å². The van der Waals surface area contributed by atoms with Crippen LogP contribution >= 0.6 is 0 Å². The van der Waals surface area contributed by atoms with Crippen LogP contribution in [0.25, 0.3) is 0 Å². The molecule has 0 bridgehead atoms. The van der Waals surface area contributed by atoms with Gasteiger partial charge in [0.1, 0.15) is 0 Å². The monoisotopic (exact) mass is 300 g/mol. The van der Waals surface area contributed by atoms with E-state index in [1.54, 1.807) is 12.1 Å². The van der Waals surface area contributed by atoms with E-state index in [1.165, 1.54) is 36.9 Å². The average Bonchev–Trinajstić information content (AvgIpc) is 2.41. The minimum Gasteiger partial charge on any atom is -0.545 e. The fraction of sp³-hybridized carbons (Fsp3) is 0. The maximum Gasteiger partial charge on any atom is 2.00 e. The number of carboxylic acids is 2. The summed E-state index contributed by atoms with van der Waals surface area (Å²) in [6.07, 6.45) is 5.50. The van der Waals surface area contributed by atoms with Crippen LogP contribution in [0.2, 0.25) is 0 Å². The number of carboxylic acid groups (broad SMARTS) is 2. The van der Waals surface area contributed by atoms with Crippen molar-refractivity contribution < 1.29 is 36.9 Å². The topological polar surface area (TPSA) is 106 Å². The largest absolute Gasteiger partial charge is 2.00 e. The molecule has 0 aliphatic carbocycles. The molecule has 0 N–H and O–H groups in total. The van der Waals surface area contributed by atoms with E-state index >= 15 is 0 Å². The quantitative estimate of drug-likeness (QED) is 0.651. The molecule has 0 fully saturated rings. The van der Waals surface area contributed by atoms with Crippen molar-refractivity contribution in [3.63, 3.8) is 0 Å². The summed E-state index contributed by atoms with van der Waals surface area (Å²) in [6, 6.07) is 5.96. The van der Waals surface area contributed by atoms with Gasteiger partial charge in [-0.3, -0.25) is 9.97 Å². The van der Waals surface area contributed by atoms with Gasteiger partial charge in [0.05, 0.1) is 11.9 Å². The third-order valence-corrected chi connectivity index (χ3v) is 1.79. The first-order chi connectivity index (χ1) is 8.61. The molecule has 2 heterocycles. The average molecular weight is 300 g/mol. The summed E-state index contributed by atoms with van der Waals surface area (Å²) in [5.74, 6) is -2.38. The molecule has 0 aliphatic heterocycles. The molecule has 7 heteroatoms. The molecule has 0 saturated heterocycles. The summed E-state index contributed by atoms with van der Waals surface area (Å²) in [6.45, 7) is 0. The second-order valence-electron chi connectivity index (χ2n) is 3.06. The van der Waals surface area contributed by atoms with Crippen LogP contribution in [0.1, 0.15) is 20.7 Å². The Bertz CT molecular complexity index is 470. The summed E-state index contributed by atoms with van der Waals surface area (Å²) < 4.78 is 0. The maximum absolute atomic E-state index is 10.0. The van der Waals surface area contributed by atoms with Gasteiger partial charge < -0.3 is 19.8 Å². The zero-order valence-corrected chi connectivity index (χ0v) is 10.6. The number of aromatic carboxylic acids is 2. The summed E-state index contributed by atoms with van der Waals surface area (Å²) >= 11 is 0. The van der Waals surface area contributed by atoms with Crippen molar-refractivity contribution in [2.24, 2.45) is 0 Å². The van der Waals surface area contributed by atoms with Crippen molar-refractivity contribution in [1.29, 1.82) is 0 Å². The minimum atomic E-state index is -1.19.